The molecular formula is C16H10O3. The van der Waals surface area contributed by atoms with Crippen molar-refractivity contribution in [2.75, 3.05) is 0 Å². The van der Waals surface area contributed by atoms with Crippen molar-refractivity contribution in [1.82, 2.24) is 0 Å². The van der Waals surface area contributed by atoms with E-state index in [-0.39, 0.29) is 5.78 Å². The van der Waals surface area contributed by atoms with Gasteiger partial charge in [0.1, 0.15) is 5.58 Å². The monoisotopic (exact) mass is 250 g/mol. The highest BCUT2D eigenvalue weighted by molar-refractivity contribution is 6.10. The second kappa shape index (κ2) is 4.53. The molecule has 2 aromatic carbocycles. The molecule has 0 bridgehead atoms. The summed E-state index contributed by atoms with van der Waals surface area (Å²) < 4.78 is 5.04. The van der Waals surface area contributed by atoms with Crippen LogP contribution in [0.1, 0.15) is 15.9 Å². The second-order valence-corrected chi connectivity index (χ2v) is 4.20. The number of benzene rings is 2. The van der Waals surface area contributed by atoms with E-state index in [1.54, 1.807) is 36.4 Å². The standard InChI is InChI=1S/C16H10O3/c17-15-9-7-12-10-13(6-8-14(12)19-15)16(18)11-4-2-1-3-5-11/h1-10H. The van der Waals surface area contributed by atoms with Crippen molar-refractivity contribution < 1.29 is 9.21 Å². The van der Waals surface area contributed by atoms with Crippen molar-refractivity contribution in [1.29, 1.82) is 0 Å². The molecule has 0 aliphatic carbocycles. The Morgan fingerprint density at radius 1 is 0.842 bits per heavy atom. The molecule has 0 saturated heterocycles. The summed E-state index contributed by atoms with van der Waals surface area (Å²) >= 11 is 0. The zero-order valence-corrected chi connectivity index (χ0v) is 10.00. The van der Waals surface area contributed by atoms with Gasteiger partial charge < -0.3 is 4.42 Å². The minimum Gasteiger partial charge on any atom is -0.423 e. The summed E-state index contributed by atoms with van der Waals surface area (Å²) in [6.45, 7) is 0. The van der Waals surface area contributed by atoms with Gasteiger partial charge in [-0.3, -0.25) is 4.79 Å². The van der Waals surface area contributed by atoms with Gasteiger partial charge in [0.25, 0.3) is 0 Å². The molecule has 3 heteroatoms. The van der Waals surface area contributed by atoms with Crippen LogP contribution in [-0.2, 0) is 0 Å². The Hall–Kier alpha value is -2.68. The maximum Gasteiger partial charge on any atom is 0.336 e. The molecule has 0 spiro atoms. The number of fused-ring (bicyclic) bond motifs is 1. The van der Waals surface area contributed by atoms with E-state index in [0.29, 0.717) is 16.7 Å². The minimum absolute atomic E-state index is 0.0475. The first-order chi connectivity index (χ1) is 9.24. The van der Waals surface area contributed by atoms with Crippen LogP contribution >= 0.6 is 0 Å². The molecule has 0 aliphatic rings. The molecule has 19 heavy (non-hydrogen) atoms. The van der Waals surface area contributed by atoms with Gasteiger partial charge in [-0.25, -0.2) is 4.79 Å². The highest BCUT2D eigenvalue weighted by Gasteiger charge is 2.09. The second-order valence-electron chi connectivity index (χ2n) is 4.20. The van der Waals surface area contributed by atoms with Gasteiger partial charge in [0, 0.05) is 22.6 Å². The van der Waals surface area contributed by atoms with E-state index in [1.807, 2.05) is 18.2 Å². The Morgan fingerprint density at radius 2 is 1.63 bits per heavy atom. The van der Waals surface area contributed by atoms with Crippen molar-refractivity contribution in [2.24, 2.45) is 0 Å². The number of carbonyl (C=O) groups excluding carboxylic acids is 1. The van der Waals surface area contributed by atoms with E-state index >= 15 is 0 Å². The Morgan fingerprint density at radius 3 is 2.42 bits per heavy atom. The molecule has 0 amide bonds. The van der Waals surface area contributed by atoms with Crippen LogP contribution in [0.25, 0.3) is 11.0 Å². The molecule has 3 aromatic rings. The summed E-state index contributed by atoms with van der Waals surface area (Å²) in [6.07, 6.45) is 0. The Bertz CT molecular complexity index is 801. The van der Waals surface area contributed by atoms with Crippen LogP contribution in [0.5, 0.6) is 0 Å². The molecule has 3 nitrogen and oxygen atoms in total. The molecular weight excluding hydrogens is 240 g/mol. The van der Waals surface area contributed by atoms with Crippen molar-refractivity contribution in [3.8, 4) is 0 Å². The lowest BCUT2D eigenvalue weighted by Crippen LogP contribution is -2.01. The fourth-order valence-corrected chi connectivity index (χ4v) is 1.97. The predicted octanol–water partition coefficient (Wildman–Crippen LogP) is 3.02. The third-order valence-corrected chi connectivity index (χ3v) is 2.92. The zero-order valence-electron chi connectivity index (χ0n) is 10.00. The van der Waals surface area contributed by atoms with E-state index in [0.717, 1.165) is 5.39 Å². The predicted molar refractivity (Wildman–Crippen MR) is 72.4 cm³/mol. The first-order valence-corrected chi connectivity index (χ1v) is 5.88. The number of rotatable bonds is 2. The van der Waals surface area contributed by atoms with Crippen LogP contribution in [0.3, 0.4) is 0 Å². The summed E-state index contributed by atoms with van der Waals surface area (Å²) in [5.41, 5.74) is 1.30. The highest BCUT2D eigenvalue weighted by atomic mass is 16.4. The first-order valence-electron chi connectivity index (χ1n) is 5.88. The number of hydrogen-bond donors (Lipinski definition) is 0. The van der Waals surface area contributed by atoms with Crippen LogP contribution in [0.15, 0.2) is 69.9 Å². The van der Waals surface area contributed by atoms with Gasteiger partial charge in [0.05, 0.1) is 0 Å². The lowest BCUT2D eigenvalue weighted by molar-refractivity contribution is 0.103. The molecule has 3 rings (SSSR count). The van der Waals surface area contributed by atoms with Gasteiger partial charge in [-0.1, -0.05) is 30.3 Å². The van der Waals surface area contributed by atoms with E-state index in [2.05, 4.69) is 0 Å². The van der Waals surface area contributed by atoms with E-state index in [9.17, 15) is 9.59 Å². The quantitative estimate of drug-likeness (QED) is 0.519. The van der Waals surface area contributed by atoms with Crippen LogP contribution in [0.2, 0.25) is 0 Å². The molecule has 92 valence electrons. The van der Waals surface area contributed by atoms with Crippen LogP contribution in [0, 0.1) is 0 Å². The largest absolute Gasteiger partial charge is 0.423 e. The van der Waals surface area contributed by atoms with Crippen molar-refractivity contribution in [3.05, 3.63) is 82.2 Å². The normalized spacial score (nSPS) is 10.5. The fourth-order valence-electron chi connectivity index (χ4n) is 1.97. The molecule has 0 fully saturated rings. The average molecular weight is 250 g/mol. The number of ketones is 1. The maximum atomic E-state index is 12.3. The topological polar surface area (TPSA) is 47.3 Å². The molecule has 0 unspecified atom stereocenters. The van der Waals surface area contributed by atoms with Gasteiger partial charge >= 0.3 is 5.63 Å². The van der Waals surface area contributed by atoms with Gasteiger partial charge in [-0.2, -0.15) is 0 Å². The average Bonchev–Trinajstić information content (AvgIpc) is 2.47. The highest BCUT2D eigenvalue weighted by Crippen LogP contribution is 2.17. The van der Waals surface area contributed by atoms with Crippen LogP contribution < -0.4 is 5.63 Å². The van der Waals surface area contributed by atoms with Gasteiger partial charge in [-0.15, -0.1) is 0 Å². The fraction of sp³-hybridized carbons (Fsp3) is 0. The molecule has 0 saturated carbocycles. The van der Waals surface area contributed by atoms with Crippen molar-refractivity contribution in [3.63, 3.8) is 0 Å². The van der Waals surface area contributed by atoms with E-state index in [1.165, 1.54) is 6.07 Å². The molecule has 0 aliphatic heterocycles. The number of hydrogen-bond acceptors (Lipinski definition) is 3. The molecule has 1 heterocycles. The first kappa shape index (κ1) is 11.4. The lowest BCUT2D eigenvalue weighted by atomic mass is 10.0. The Balaban J connectivity index is 2.09. The Kier molecular flexibility index (Phi) is 2.72. The summed E-state index contributed by atoms with van der Waals surface area (Å²) in [5, 5.41) is 0.737. The molecule has 1 aromatic heterocycles. The smallest absolute Gasteiger partial charge is 0.336 e. The summed E-state index contributed by atoms with van der Waals surface area (Å²) in [5.74, 6) is -0.0475. The summed E-state index contributed by atoms with van der Waals surface area (Å²) in [6, 6.07) is 17.1. The molecule has 0 radical (unpaired) electrons. The summed E-state index contributed by atoms with van der Waals surface area (Å²) in [4.78, 5) is 23.4. The van der Waals surface area contributed by atoms with E-state index < -0.39 is 5.63 Å². The van der Waals surface area contributed by atoms with Crippen LogP contribution in [0.4, 0.5) is 0 Å². The Labute approximate surface area is 109 Å². The number of carbonyl (C=O) groups is 1. The summed E-state index contributed by atoms with van der Waals surface area (Å²) in [7, 11) is 0. The van der Waals surface area contributed by atoms with Crippen molar-refractivity contribution in [2.45, 2.75) is 0 Å². The van der Waals surface area contributed by atoms with Crippen LogP contribution in [-0.4, -0.2) is 5.78 Å². The molecule has 0 atom stereocenters. The molecule has 0 N–H and O–H groups in total. The third-order valence-electron chi connectivity index (χ3n) is 2.92. The van der Waals surface area contributed by atoms with Crippen molar-refractivity contribution >= 4 is 16.8 Å². The third kappa shape index (κ3) is 2.18. The van der Waals surface area contributed by atoms with Gasteiger partial charge in [-0.05, 0) is 24.3 Å². The van der Waals surface area contributed by atoms with E-state index in [4.69, 9.17) is 4.42 Å². The minimum atomic E-state index is -0.394. The van der Waals surface area contributed by atoms with Gasteiger partial charge in [0.15, 0.2) is 5.78 Å². The van der Waals surface area contributed by atoms with Gasteiger partial charge in [0.2, 0.25) is 0 Å². The maximum absolute atomic E-state index is 12.3. The SMILES string of the molecule is O=C(c1ccccc1)c1ccc2oc(=O)ccc2c1. The zero-order chi connectivity index (χ0) is 13.2. The lowest BCUT2D eigenvalue weighted by Gasteiger charge is -2.02.